The molecule has 0 fully saturated rings. The predicted molar refractivity (Wildman–Crippen MR) is 87.2 cm³/mol. The molecule has 22 heavy (non-hydrogen) atoms. The number of nitrogens with zero attached hydrogens (tertiary/aromatic N) is 2. The monoisotopic (exact) mass is 300 g/mol. The maximum Gasteiger partial charge on any atom is 0.176 e. The summed E-state index contributed by atoms with van der Waals surface area (Å²) >= 11 is 0. The highest BCUT2D eigenvalue weighted by Gasteiger charge is 2.20. The fourth-order valence-electron chi connectivity index (χ4n) is 2.46. The lowest BCUT2D eigenvalue weighted by molar-refractivity contribution is -0.0937. The van der Waals surface area contributed by atoms with Crippen LogP contribution in [0.1, 0.15) is 18.4 Å². The number of anilines is 1. The van der Waals surface area contributed by atoms with Crippen LogP contribution in [-0.2, 0) is 9.47 Å². The molecule has 0 saturated carbocycles. The molecule has 0 bridgehead atoms. The summed E-state index contributed by atoms with van der Waals surface area (Å²) in [6.07, 6.45) is 3.42. The topological polar surface area (TPSA) is 67.2 Å². The molecule has 0 spiro atoms. The summed E-state index contributed by atoms with van der Waals surface area (Å²) in [6.45, 7) is 0.426. The average Bonchev–Trinajstić information content (AvgIpc) is 2.72. The number of fused-ring (bicyclic) bond motifs is 1. The molecular formula is C16H20N4O2. The number of hydrogen-bond donors (Lipinski definition) is 2. The lowest BCUT2D eigenvalue weighted by Crippen LogP contribution is -2.27. The van der Waals surface area contributed by atoms with Gasteiger partial charge in [-0.2, -0.15) is 0 Å². The maximum atomic E-state index is 5.21. The molecule has 0 atom stereocenters. The van der Waals surface area contributed by atoms with E-state index < -0.39 is 0 Å². The molecule has 1 aromatic rings. The Kier molecular flexibility index (Phi) is 4.50. The number of amidine groups is 1. The number of allylic oxidation sites excluding steroid dienone is 1. The van der Waals surface area contributed by atoms with Crippen LogP contribution >= 0.6 is 0 Å². The van der Waals surface area contributed by atoms with Gasteiger partial charge in [0.25, 0.3) is 0 Å². The Bertz CT molecular complexity index is 633. The molecule has 6 nitrogen and oxygen atoms in total. The van der Waals surface area contributed by atoms with Gasteiger partial charge in [0, 0.05) is 26.0 Å². The largest absolute Gasteiger partial charge is 0.354 e. The van der Waals surface area contributed by atoms with Crippen molar-refractivity contribution in [2.45, 2.75) is 19.1 Å². The van der Waals surface area contributed by atoms with Gasteiger partial charge in [-0.3, -0.25) is 4.99 Å². The van der Waals surface area contributed by atoms with Gasteiger partial charge in [0.05, 0.1) is 17.9 Å². The van der Waals surface area contributed by atoms with Crippen molar-refractivity contribution in [2.75, 3.05) is 26.1 Å². The second-order valence-electron chi connectivity index (χ2n) is 5.06. The van der Waals surface area contributed by atoms with Gasteiger partial charge in [-0.05, 0) is 25.0 Å². The van der Waals surface area contributed by atoms with Crippen molar-refractivity contribution in [3.63, 3.8) is 0 Å². The average molecular weight is 300 g/mol. The van der Waals surface area contributed by atoms with Crippen molar-refractivity contribution in [3.05, 3.63) is 41.3 Å². The first-order valence-electron chi connectivity index (χ1n) is 7.31. The second-order valence-corrected chi connectivity index (χ2v) is 5.06. The molecule has 1 aromatic carbocycles. The highest BCUT2D eigenvalue weighted by atomic mass is 16.7. The molecule has 2 aliphatic rings. The third-order valence-electron chi connectivity index (χ3n) is 3.66. The fraction of sp³-hybridized carbons (Fsp3) is 0.375. The van der Waals surface area contributed by atoms with Gasteiger partial charge >= 0.3 is 0 Å². The summed E-state index contributed by atoms with van der Waals surface area (Å²) in [5.41, 5.74) is 3.06. The zero-order chi connectivity index (χ0) is 15.4. The molecular weight excluding hydrogens is 280 g/mol. The van der Waals surface area contributed by atoms with Crippen LogP contribution in [0.2, 0.25) is 0 Å². The first kappa shape index (κ1) is 14.7. The zero-order valence-electron chi connectivity index (χ0n) is 12.8. The van der Waals surface area contributed by atoms with Gasteiger partial charge in [-0.25, -0.2) is 4.99 Å². The number of aliphatic imine (C=N–C) groups is 2. The summed E-state index contributed by atoms with van der Waals surface area (Å²) < 4.78 is 10.4. The van der Waals surface area contributed by atoms with Crippen LogP contribution in [0.25, 0.3) is 0 Å². The summed E-state index contributed by atoms with van der Waals surface area (Å²) in [5.74, 6) is 1.67. The number of para-hydroxylation sites is 1. The number of benzene rings is 1. The number of nitrogens with one attached hydrogen (secondary N) is 2. The molecule has 0 unspecified atom stereocenters. The zero-order valence-corrected chi connectivity index (χ0v) is 12.8. The Morgan fingerprint density at radius 1 is 1.23 bits per heavy atom. The number of methoxy groups -OCH3 is 2. The van der Waals surface area contributed by atoms with E-state index in [1.54, 1.807) is 14.2 Å². The van der Waals surface area contributed by atoms with E-state index in [9.17, 15) is 0 Å². The van der Waals surface area contributed by atoms with Gasteiger partial charge in [-0.15, -0.1) is 0 Å². The molecule has 0 aromatic heterocycles. The Hall–Kier alpha value is -2.18. The molecule has 0 radical (unpaired) electrons. The van der Waals surface area contributed by atoms with E-state index in [4.69, 9.17) is 9.47 Å². The minimum atomic E-state index is -0.351. The minimum absolute atomic E-state index is 0.351. The van der Waals surface area contributed by atoms with Crippen LogP contribution < -0.4 is 10.6 Å². The van der Waals surface area contributed by atoms with Crippen molar-refractivity contribution in [2.24, 2.45) is 9.98 Å². The van der Waals surface area contributed by atoms with Gasteiger partial charge in [0.2, 0.25) is 0 Å². The van der Waals surface area contributed by atoms with Gasteiger partial charge < -0.3 is 20.1 Å². The van der Waals surface area contributed by atoms with Crippen LogP contribution in [0.5, 0.6) is 0 Å². The molecule has 0 saturated heterocycles. The molecule has 0 amide bonds. The Morgan fingerprint density at radius 3 is 2.86 bits per heavy atom. The second kappa shape index (κ2) is 6.72. The number of ether oxygens (including phenoxy) is 2. The highest BCUT2D eigenvalue weighted by molar-refractivity contribution is 6.05. The molecule has 2 aliphatic heterocycles. The van der Waals surface area contributed by atoms with E-state index >= 15 is 0 Å². The molecule has 0 aliphatic carbocycles. The molecule has 2 heterocycles. The molecule has 2 N–H and O–H groups in total. The van der Waals surface area contributed by atoms with E-state index in [2.05, 4.69) is 20.6 Å². The van der Waals surface area contributed by atoms with E-state index in [1.165, 1.54) is 0 Å². The molecule has 116 valence electrons. The highest BCUT2D eigenvalue weighted by Crippen LogP contribution is 2.25. The lowest BCUT2D eigenvalue weighted by Gasteiger charge is -2.15. The van der Waals surface area contributed by atoms with Crippen LogP contribution in [0.3, 0.4) is 0 Å². The van der Waals surface area contributed by atoms with Crippen molar-refractivity contribution < 1.29 is 9.47 Å². The van der Waals surface area contributed by atoms with E-state index in [-0.39, 0.29) is 6.29 Å². The molecule has 6 heteroatoms. The van der Waals surface area contributed by atoms with Crippen molar-refractivity contribution in [1.29, 1.82) is 0 Å². The standard InChI is InChI=1S/C16H20N4O2/c1-21-14(22-2)10-18-15-11-6-3-4-7-12(11)19-16-13(20-15)8-5-9-17-16/h3-4,6-7,9,14,19H,5,8,10H2,1-2H3,(H,18,20). The summed E-state index contributed by atoms with van der Waals surface area (Å²) in [7, 11) is 3.22. The third-order valence-corrected chi connectivity index (χ3v) is 3.66. The Morgan fingerprint density at radius 2 is 2.05 bits per heavy atom. The van der Waals surface area contributed by atoms with Gasteiger partial charge in [0.1, 0.15) is 11.7 Å². The van der Waals surface area contributed by atoms with Crippen LogP contribution in [0, 0.1) is 0 Å². The normalized spacial score (nSPS) is 18.6. The SMILES string of the molecule is COC(CN=C1NC2=C(N=CCC2)Nc2ccccc21)OC. The predicted octanol–water partition coefficient (Wildman–Crippen LogP) is 2.10. The van der Waals surface area contributed by atoms with E-state index in [1.807, 2.05) is 30.5 Å². The van der Waals surface area contributed by atoms with Crippen LogP contribution in [0.15, 0.2) is 45.8 Å². The quantitative estimate of drug-likeness (QED) is 0.836. The summed E-state index contributed by atoms with van der Waals surface area (Å²) in [5, 5.41) is 6.80. The first-order chi connectivity index (χ1) is 10.8. The van der Waals surface area contributed by atoms with Crippen LogP contribution in [-0.4, -0.2) is 39.1 Å². The van der Waals surface area contributed by atoms with Gasteiger partial charge in [0.15, 0.2) is 6.29 Å². The Balaban J connectivity index is 1.95. The van der Waals surface area contributed by atoms with E-state index in [0.717, 1.165) is 41.4 Å². The maximum absolute atomic E-state index is 5.21. The van der Waals surface area contributed by atoms with Crippen molar-refractivity contribution >= 4 is 17.7 Å². The smallest absolute Gasteiger partial charge is 0.176 e. The number of hydrogen-bond acceptors (Lipinski definition) is 5. The van der Waals surface area contributed by atoms with Crippen molar-refractivity contribution in [3.8, 4) is 0 Å². The minimum Gasteiger partial charge on any atom is -0.354 e. The molecule has 3 rings (SSSR count). The lowest BCUT2D eigenvalue weighted by atomic mass is 10.1. The van der Waals surface area contributed by atoms with Gasteiger partial charge in [-0.1, -0.05) is 12.1 Å². The summed E-state index contributed by atoms with van der Waals surface area (Å²) in [4.78, 5) is 9.10. The fourth-order valence-corrected chi connectivity index (χ4v) is 2.46. The van der Waals surface area contributed by atoms with Crippen molar-refractivity contribution in [1.82, 2.24) is 5.32 Å². The number of rotatable bonds is 4. The summed E-state index contributed by atoms with van der Waals surface area (Å²) in [6, 6.07) is 8.05. The first-order valence-corrected chi connectivity index (χ1v) is 7.31. The van der Waals surface area contributed by atoms with Crippen LogP contribution in [0.4, 0.5) is 5.69 Å². The third kappa shape index (κ3) is 3.03. The van der Waals surface area contributed by atoms with E-state index in [0.29, 0.717) is 6.54 Å². The Labute approximate surface area is 129 Å².